The molecule has 0 radical (unpaired) electrons. The second-order valence-electron chi connectivity index (χ2n) is 4.30. The number of ether oxygens (including phenoxy) is 1. The number of esters is 1. The van der Waals surface area contributed by atoms with Gasteiger partial charge in [-0.1, -0.05) is 39.5 Å². The first-order valence-electron chi connectivity index (χ1n) is 6.79. The van der Waals surface area contributed by atoms with Crippen molar-refractivity contribution >= 4 is 5.97 Å². The van der Waals surface area contributed by atoms with Crippen LogP contribution < -0.4 is 0 Å². The molecule has 2 heteroatoms. The fraction of sp³-hybridized carbons (Fsp3) is 0.733. The maximum atomic E-state index is 10.9. The predicted molar refractivity (Wildman–Crippen MR) is 71.9 cm³/mol. The third-order valence-electron chi connectivity index (χ3n) is 2.51. The molecule has 0 heterocycles. The van der Waals surface area contributed by atoms with Crippen LogP contribution in [-0.2, 0) is 9.53 Å². The predicted octanol–water partition coefficient (Wildman–Crippen LogP) is 4.40. The van der Waals surface area contributed by atoms with Gasteiger partial charge in [-0.15, -0.1) is 5.73 Å². The minimum atomic E-state index is -0.210. The summed E-state index contributed by atoms with van der Waals surface area (Å²) < 4.78 is 5.23. The smallest absolute Gasteiger partial charge is 0.303 e. The van der Waals surface area contributed by atoms with E-state index in [0.29, 0.717) is 0 Å². The summed E-state index contributed by atoms with van der Waals surface area (Å²) in [7, 11) is 0. The van der Waals surface area contributed by atoms with Crippen molar-refractivity contribution in [2.45, 2.75) is 71.8 Å². The summed E-state index contributed by atoms with van der Waals surface area (Å²) in [5.41, 5.74) is 3.07. The molecule has 0 aromatic heterocycles. The molecule has 0 aliphatic carbocycles. The molecule has 0 saturated heterocycles. The Hall–Kier alpha value is -1.01. The molecular weight excluding hydrogens is 212 g/mol. The first kappa shape index (κ1) is 16.0. The van der Waals surface area contributed by atoms with E-state index in [1.807, 2.05) is 12.2 Å². The molecule has 0 saturated carbocycles. The highest BCUT2D eigenvalue weighted by Crippen LogP contribution is 2.10. The van der Waals surface area contributed by atoms with E-state index in [1.54, 1.807) is 0 Å². The monoisotopic (exact) mass is 238 g/mol. The Labute approximate surface area is 106 Å². The number of unbranched alkanes of at least 4 members (excludes halogenated alkanes) is 4. The molecule has 0 rings (SSSR count). The first-order valence-corrected chi connectivity index (χ1v) is 6.79. The zero-order valence-corrected chi connectivity index (χ0v) is 11.5. The van der Waals surface area contributed by atoms with Crippen LogP contribution in [0.2, 0.25) is 0 Å². The number of rotatable bonds is 9. The fourth-order valence-electron chi connectivity index (χ4n) is 1.63. The van der Waals surface area contributed by atoms with Crippen LogP contribution in [0, 0.1) is 0 Å². The van der Waals surface area contributed by atoms with E-state index in [1.165, 1.54) is 32.6 Å². The third-order valence-corrected chi connectivity index (χ3v) is 2.51. The molecule has 0 N–H and O–H groups in total. The van der Waals surface area contributed by atoms with Crippen molar-refractivity contribution in [2.75, 3.05) is 0 Å². The Kier molecular flexibility index (Phi) is 10.8. The van der Waals surface area contributed by atoms with Crippen LogP contribution >= 0.6 is 0 Å². The van der Waals surface area contributed by atoms with Crippen LogP contribution in [0.4, 0.5) is 0 Å². The second-order valence-corrected chi connectivity index (χ2v) is 4.30. The molecule has 1 atom stereocenters. The highest BCUT2D eigenvalue weighted by atomic mass is 16.5. The van der Waals surface area contributed by atoms with Crippen LogP contribution in [-0.4, -0.2) is 12.1 Å². The highest BCUT2D eigenvalue weighted by molar-refractivity contribution is 5.66. The zero-order valence-electron chi connectivity index (χ0n) is 11.5. The van der Waals surface area contributed by atoms with Crippen LogP contribution in [0.15, 0.2) is 17.9 Å². The van der Waals surface area contributed by atoms with E-state index in [9.17, 15) is 4.79 Å². The standard InChI is InChI=1S/C15H26O2/c1-4-6-8-9-11-13-15(17-14(3)16)12-10-7-5-2/h7,12,15H,4-6,8-9,11,13H2,1-3H3. The zero-order chi connectivity index (χ0) is 12.9. The molecule has 0 aliphatic heterocycles. The summed E-state index contributed by atoms with van der Waals surface area (Å²) in [5.74, 6) is -0.210. The fourth-order valence-corrected chi connectivity index (χ4v) is 1.63. The van der Waals surface area contributed by atoms with Gasteiger partial charge in [0.15, 0.2) is 0 Å². The van der Waals surface area contributed by atoms with Crippen LogP contribution in [0.3, 0.4) is 0 Å². The summed E-state index contributed by atoms with van der Waals surface area (Å²) in [6, 6.07) is 0. The van der Waals surface area contributed by atoms with Gasteiger partial charge in [-0.3, -0.25) is 4.79 Å². The van der Waals surface area contributed by atoms with Gasteiger partial charge in [0.2, 0.25) is 0 Å². The highest BCUT2D eigenvalue weighted by Gasteiger charge is 2.07. The number of carbonyl (C=O) groups is 1. The number of hydrogen-bond acceptors (Lipinski definition) is 2. The molecule has 98 valence electrons. The van der Waals surface area contributed by atoms with E-state index >= 15 is 0 Å². The third kappa shape index (κ3) is 11.3. The molecule has 0 aromatic carbocycles. The molecule has 0 aliphatic rings. The van der Waals surface area contributed by atoms with Crippen molar-refractivity contribution in [2.24, 2.45) is 0 Å². The number of carbonyl (C=O) groups excluding carboxylic acids is 1. The molecule has 2 nitrogen and oxygen atoms in total. The first-order chi connectivity index (χ1) is 8.20. The largest absolute Gasteiger partial charge is 0.458 e. The molecule has 0 aromatic rings. The van der Waals surface area contributed by atoms with E-state index in [2.05, 4.69) is 19.6 Å². The van der Waals surface area contributed by atoms with Crippen molar-refractivity contribution in [1.82, 2.24) is 0 Å². The van der Waals surface area contributed by atoms with Gasteiger partial charge < -0.3 is 4.74 Å². The van der Waals surface area contributed by atoms with Gasteiger partial charge in [0, 0.05) is 6.92 Å². The summed E-state index contributed by atoms with van der Waals surface area (Å²) in [4.78, 5) is 10.9. The summed E-state index contributed by atoms with van der Waals surface area (Å²) >= 11 is 0. The molecule has 0 spiro atoms. The van der Waals surface area contributed by atoms with Crippen LogP contribution in [0.1, 0.15) is 65.7 Å². The lowest BCUT2D eigenvalue weighted by Crippen LogP contribution is -2.13. The van der Waals surface area contributed by atoms with E-state index in [4.69, 9.17) is 4.74 Å². The van der Waals surface area contributed by atoms with E-state index < -0.39 is 0 Å². The Morgan fingerprint density at radius 3 is 2.53 bits per heavy atom. The quantitative estimate of drug-likeness (QED) is 0.338. The lowest BCUT2D eigenvalue weighted by Gasteiger charge is -2.11. The Bertz CT molecular complexity index is 250. The van der Waals surface area contributed by atoms with Crippen molar-refractivity contribution in [1.29, 1.82) is 0 Å². The molecule has 0 bridgehead atoms. The Balaban J connectivity index is 3.93. The van der Waals surface area contributed by atoms with Crippen molar-refractivity contribution in [3.05, 3.63) is 17.9 Å². The summed E-state index contributed by atoms with van der Waals surface area (Å²) in [6.45, 7) is 5.73. The average Bonchev–Trinajstić information content (AvgIpc) is 2.28. The van der Waals surface area contributed by atoms with Gasteiger partial charge in [-0.2, -0.15) is 0 Å². The van der Waals surface area contributed by atoms with Crippen molar-refractivity contribution in [3.8, 4) is 0 Å². The van der Waals surface area contributed by atoms with Gasteiger partial charge >= 0.3 is 5.97 Å². The van der Waals surface area contributed by atoms with E-state index in [-0.39, 0.29) is 12.1 Å². The summed E-state index contributed by atoms with van der Waals surface area (Å²) in [6.07, 6.45) is 11.7. The van der Waals surface area contributed by atoms with Crippen LogP contribution in [0.25, 0.3) is 0 Å². The number of hydrogen-bond donors (Lipinski definition) is 0. The molecule has 17 heavy (non-hydrogen) atoms. The average molecular weight is 238 g/mol. The lowest BCUT2D eigenvalue weighted by molar-refractivity contribution is -0.144. The Morgan fingerprint density at radius 1 is 1.24 bits per heavy atom. The maximum Gasteiger partial charge on any atom is 0.303 e. The van der Waals surface area contributed by atoms with Gasteiger partial charge in [0.05, 0.1) is 0 Å². The molecule has 0 fully saturated rings. The van der Waals surface area contributed by atoms with Gasteiger partial charge in [0.1, 0.15) is 6.10 Å². The SMILES string of the molecule is CCC=C=CC(CCCCCCC)OC(C)=O. The minimum absolute atomic E-state index is 0.100. The van der Waals surface area contributed by atoms with Crippen LogP contribution in [0.5, 0.6) is 0 Å². The van der Waals surface area contributed by atoms with Gasteiger partial charge in [-0.05, 0) is 31.4 Å². The molecule has 1 unspecified atom stereocenters. The molecular formula is C15H26O2. The van der Waals surface area contributed by atoms with Crippen molar-refractivity contribution < 1.29 is 9.53 Å². The maximum absolute atomic E-state index is 10.9. The molecule has 0 amide bonds. The lowest BCUT2D eigenvalue weighted by atomic mass is 10.1. The minimum Gasteiger partial charge on any atom is -0.458 e. The van der Waals surface area contributed by atoms with Crippen molar-refractivity contribution in [3.63, 3.8) is 0 Å². The van der Waals surface area contributed by atoms with E-state index in [0.717, 1.165) is 19.3 Å². The normalized spacial score (nSPS) is 11.5. The van der Waals surface area contributed by atoms with Gasteiger partial charge in [-0.25, -0.2) is 0 Å². The topological polar surface area (TPSA) is 26.3 Å². The van der Waals surface area contributed by atoms with Gasteiger partial charge in [0.25, 0.3) is 0 Å². The summed E-state index contributed by atoms with van der Waals surface area (Å²) in [5, 5.41) is 0. The second kappa shape index (κ2) is 11.5. The Morgan fingerprint density at radius 2 is 1.94 bits per heavy atom.